The Morgan fingerprint density at radius 1 is 1.11 bits per heavy atom. The highest BCUT2D eigenvalue weighted by Crippen LogP contribution is 2.23. The Morgan fingerprint density at radius 3 is 2.56 bits per heavy atom. The normalized spacial score (nSPS) is 10.4. The third-order valence-electron chi connectivity index (χ3n) is 2.48. The topological polar surface area (TPSA) is 35.0 Å². The quantitative estimate of drug-likeness (QED) is 0.799. The van der Waals surface area contributed by atoms with Gasteiger partial charge in [-0.15, -0.1) is 0 Å². The number of halogens is 2. The van der Waals surface area contributed by atoms with Crippen LogP contribution in [0.3, 0.4) is 0 Å². The minimum absolute atomic E-state index is 0.354. The van der Waals surface area contributed by atoms with Crippen LogP contribution in [0.25, 0.3) is 0 Å². The molecule has 18 heavy (non-hydrogen) atoms. The zero-order chi connectivity index (χ0) is 13.1. The number of hydrogen-bond acceptors (Lipinski definition) is 3. The standard InChI is InChI=1S/C13H12Cl2N2O/c1-8-12(15)16-9(2)17-13(8)18-7-10-5-3-4-6-11(10)14/h3-6H,7H2,1-2H3. The van der Waals surface area contributed by atoms with Gasteiger partial charge in [0.05, 0.1) is 0 Å². The van der Waals surface area contributed by atoms with Gasteiger partial charge in [0, 0.05) is 16.1 Å². The molecule has 0 aliphatic heterocycles. The predicted molar refractivity (Wildman–Crippen MR) is 72.3 cm³/mol. The van der Waals surface area contributed by atoms with E-state index in [1.165, 1.54) is 0 Å². The highest BCUT2D eigenvalue weighted by molar-refractivity contribution is 6.31. The van der Waals surface area contributed by atoms with Gasteiger partial charge in [0.1, 0.15) is 17.6 Å². The summed E-state index contributed by atoms with van der Waals surface area (Å²) in [6, 6.07) is 7.52. The van der Waals surface area contributed by atoms with Crippen molar-refractivity contribution >= 4 is 23.2 Å². The fourth-order valence-corrected chi connectivity index (χ4v) is 1.87. The monoisotopic (exact) mass is 282 g/mol. The maximum atomic E-state index is 6.05. The molecule has 0 atom stereocenters. The van der Waals surface area contributed by atoms with Gasteiger partial charge in [0.2, 0.25) is 5.88 Å². The van der Waals surface area contributed by atoms with E-state index in [4.69, 9.17) is 27.9 Å². The molecule has 0 N–H and O–H groups in total. The van der Waals surface area contributed by atoms with Crippen molar-refractivity contribution in [3.63, 3.8) is 0 Å². The summed E-state index contributed by atoms with van der Waals surface area (Å²) < 4.78 is 5.65. The molecule has 2 rings (SSSR count). The van der Waals surface area contributed by atoms with Gasteiger partial charge in [0.15, 0.2) is 0 Å². The third kappa shape index (κ3) is 2.92. The number of hydrogen-bond donors (Lipinski definition) is 0. The predicted octanol–water partition coefficient (Wildman–Crippen LogP) is 3.98. The van der Waals surface area contributed by atoms with Crippen LogP contribution in [0.1, 0.15) is 17.0 Å². The molecule has 0 spiro atoms. The minimum Gasteiger partial charge on any atom is -0.472 e. The second kappa shape index (κ2) is 5.55. The number of aromatic nitrogens is 2. The maximum Gasteiger partial charge on any atom is 0.221 e. The zero-order valence-corrected chi connectivity index (χ0v) is 11.6. The highest BCUT2D eigenvalue weighted by atomic mass is 35.5. The molecule has 0 aliphatic rings. The number of rotatable bonds is 3. The molecule has 3 nitrogen and oxygen atoms in total. The van der Waals surface area contributed by atoms with E-state index in [0.29, 0.717) is 28.5 Å². The number of benzene rings is 1. The Kier molecular flexibility index (Phi) is 4.04. The van der Waals surface area contributed by atoms with E-state index in [-0.39, 0.29) is 0 Å². The first-order valence-electron chi connectivity index (χ1n) is 5.45. The summed E-state index contributed by atoms with van der Waals surface area (Å²) in [4.78, 5) is 8.27. The lowest BCUT2D eigenvalue weighted by Gasteiger charge is -2.10. The summed E-state index contributed by atoms with van der Waals surface area (Å²) in [5, 5.41) is 1.09. The summed E-state index contributed by atoms with van der Waals surface area (Å²) in [7, 11) is 0. The van der Waals surface area contributed by atoms with Crippen LogP contribution in [-0.4, -0.2) is 9.97 Å². The summed E-state index contributed by atoms with van der Waals surface area (Å²) in [6.07, 6.45) is 0. The molecule has 0 fully saturated rings. The van der Waals surface area contributed by atoms with Gasteiger partial charge in [0.25, 0.3) is 0 Å². The smallest absolute Gasteiger partial charge is 0.221 e. The fraction of sp³-hybridized carbons (Fsp3) is 0.231. The van der Waals surface area contributed by atoms with Gasteiger partial charge in [-0.05, 0) is 19.9 Å². The largest absolute Gasteiger partial charge is 0.472 e. The van der Waals surface area contributed by atoms with E-state index in [2.05, 4.69) is 9.97 Å². The van der Waals surface area contributed by atoms with Crippen molar-refractivity contribution in [2.45, 2.75) is 20.5 Å². The average molecular weight is 283 g/mol. The molecule has 0 saturated heterocycles. The van der Waals surface area contributed by atoms with Crippen LogP contribution in [0.4, 0.5) is 0 Å². The minimum atomic E-state index is 0.354. The summed E-state index contributed by atoms with van der Waals surface area (Å²) in [5.41, 5.74) is 1.64. The molecule has 0 saturated carbocycles. The van der Waals surface area contributed by atoms with E-state index in [1.54, 1.807) is 6.92 Å². The molecule has 1 aromatic heterocycles. The summed E-state index contributed by atoms with van der Waals surface area (Å²) in [5.74, 6) is 1.08. The number of aryl methyl sites for hydroxylation is 1. The number of nitrogens with zero attached hydrogens (tertiary/aromatic N) is 2. The molecule has 0 amide bonds. The molecular formula is C13H12Cl2N2O. The summed E-state index contributed by atoms with van der Waals surface area (Å²) >= 11 is 12.0. The van der Waals surface area contributed by atoms with E-state index >= 15 is 0 Å². The van der Waals surface area contributed by atoms with Crippen LogP contribution in [0.5, 0.6) is 5.88 Å². The Morgan fingerprint density at radius 2 is 1.83 bits per heavy atom. The van der Waals surface area contributed by atoms with Crippen LogP contribution >= 0.6 is 23.2 Å². The van der Waals surface area contributed by atoms with Gasteiger partial charge in [-0.2, -0.15) is 4.98 Å². The van der Waals surface area contributed by atoms with Crippen molar-refractivity contribution in [2.75, 3.05) is 0 Å². The third-order valence-corrected chi connectivity index (χ3v) is 3.21. The molecule has 0 bridgehead atoms. The van der Waals surface area contributed by atoms with Crippen LogP contribution in [-0.2, 0) is 6.61 Å². The van der Waals surface area contributed by atoms with Gasteiger partial charge >= 0.3 is 0 Å². The highest BCUT2D eigenvalue weighted by Gasteiger charge is 2.09. The number of ether oxygens (including phenoxy) is 1. The zero-order valence-electron chi connectivity index (χ0n) is 10.1. The molecule has 94 valence electrons. The van der Waals surface area contributed by atoms with Crippen molar-refractivity contribution < 1.29 is 4.74 Å². The lowest BCUT2D eigenvalue weighted by molar-refractivity contribution is 0.290. The second-order valence-corrected chi connectivity index (χ2v) is 4.64. The molecular weight excluding hydrogens is 271 g/mol. The van der Waals surface area contributed by atoms with E-state index in [9.17, 15) is 0 Å². The Hall–Kier alpha value is -1.32. The first kappa shape index (κ1) is 13.1. The average Bonchev–Trinajstić information content (AvgIpc) is 2.33. The van der Waals surface area contributed by atoms with E-state index < -0.39 is 0 Å². The molecule has 1 aromatic carbocycles. The van der Waals surface area contributed by atoms with Gasteiger partial charge in [-0.1, -0.05) is 41.4 Å². The second-order valence-electron chi connectivity index (χ2n) is 3.87. The molecule has 0 aliphatic carbocycles. The van der Waals surface area contributed by atoms with Crippen molar-refractivity contribution in [3.05, 3.63) is 51.4 Å². The first-order valence-corrected chi connectivity index (χ1v) is 6.20. The Balaban J connectivity index is 2.18. The maximum absolute atomic E-state index is 6.05. The van der Waals surface area contributed by atoms with Gasteiger partial charge < -0.3 is 4.74 Å². The first-order chi connectivity index (χ1) is 8.58. The van der Waals surface area contributed by atoms with Gasteiger partial charge in [-0.25, -0.2) is 4.98 Å². The lowest BCUT2D eigenvalue weighted by Crippen LogP contribution is -2.02. The molecule has 2 aromatic rings. The van der Waals surface area contributed by atoms with Crippen molar-refractivity contribution in [1.82, 2.24) is 9.97 Å². The van der Waals surface area contributed by atoms with E-state index in [1.807, 2.05) is 31.2 Å². The molecule has 1 heterocycles. The SMILES string of the molecule is Cc1nc(Cl)c(C)c(OCc2ccccc2Cl)n1. The Labute approximate surface area is 116 Å². The van der Waals surface area contributed by atoms with Crippen LogP contribution in [0.2, 0.25) is 10.2 Å². The lowest BCUT2D eigenvalue weighted by atomic mass is 10.2. The fourth-order valence-electron chi connectivity index (χ4n) is 1.47. The van der Waals surface area contributed by atoms with Crippen molar-refractivity contribution in [2.24, 2.45) is 0 Å². The summed E-state index contributed by atoms with van der Waals surface area (Å²) in [6.45, 7) is 3.95. The van der Waals surface area contributed by atoms with Crippen LogP contribution in [0.15, 0.2) is 24.3 Å². The van der Waals surface area contributed by atoms with Crippen molar-refractivity contribution in [3.8, 4) is 5.88 Å². The van der Waals surface area contributed by atoms with Crippen LogP contribution in [0, 0.1) is 13.8 Å². The molecule has 0 unspecified atom stereocenters. The van der Waals surface area contributed by atoms with Crippen molar-refractivity contribution in [1.29, 1.82) is 0 Å². The molecule has 0 radical (unpaired) electrons. The van der Waals surface area contributed by atoms with Crippen LogP contribution < -0.4 is 4.74 Å². The Bertz CT molecular complexity index is 573. The van der Waals surface area contributed by atoms with E-state index in [0.717, 1.165) is 11.1 Å². The molecule has 5 heteroatoms. The van der Waals surface area contributed by atoms with Gasteiger partial charge in [-0.3, -0.25) is 0 Å².